The van der Waals surface area contributed by atoms with Crippen molar-refractivity contribution in [2.45, 2.75) is 53.0 Å². The molecule has 0 unspecified atom stereocenters. The summed E-state index contributed by atoms with van der Waals surface area (Å²) in [5.74, 6) is -0.594. The summed E-state index contributed by atoms with van der Waals surface area (Å²) in [6, 6.07) is 4.92. The van der Waals surface area contributed by atoms with E-state index in [1.807, 2.05) is 18.5 Å². The number of rotatable bonds is 7. The second-order valence-electron chi connectivity index (χ2n) is 6.22. The first-order chi connectivity index (χ1) is 11.9. The molecule has 4 nitrogen and oxygen atoms in total. The number of aryl methyl sites for hydroxylation is 1. The average Bonchev–Trinajstić information content (AvgIpc) is 2.89. The lowest BCUT2D eigenvalue weighted by atomic mass is 10.00. The van der Waals surface area contributed by atoms with Crippen molar-refractivity contribution >= 4 is 21.9 Å². The zero-order chi connectivity index (χ0) is 18.6. The number of halogens is 2. The van der Waals surface area contributed by atoms with E-state index >= 15 is 0 Å². The van der Waals surface area contributed by atoms with Gasteiger partial charge in [0.15, 0.2) is 0 Å². The quantitative estimate of drug-likeness (QED) is 0.597. The highest BCUT2D eigenvalue weighted by atomic mass is 79.9. The van der Waals surface area contributed by atoms with E-state index in [4.69, 9.17) is 4.74 Å². The molecule has 2 aromatic rings. The Morgan fingerprint density at radius 3 is 2.64 bits per heavy atom. The first kappa shape index (κ1) is 19.6. The van der Waals surface area contributed by atoms with Gasteiger partial charge >= 0.3 is 5.97 Å². The summed E-state index contributed by atoms with van der Waals surface area (Å²) in [6.45, 7) is 8.89. The van der Waals surface area contributed by atoms with Gasteiger partial charge in [-0.05, 0) is 37.0 Å². The molecule has 136 valence electrons. The lowest BCUT2D eigenvalue weighted by Crippen LogP contribution is -2.12. The van der Waals surface area contributed by atoms with Crippen molar-refractivity contribution < 1.29 is 13.9 Å². The first-order valence-corrected chi connectivity index (χ1v) is 9.38. The maximum atomic E-state index is 14.3. The van der Waals surface area contributed by atoms with Crippen molar-refractivity contribution in [2.24, 2.45) is 0 Å². The molecule has 0 saturated carbocycles. The Morgan fingerprint density at radius 1 is 1.36 bits per heavy atom. The number of hydrogen-bond acceptors (Lipinski definition) is 3. The molecule has 0 amide bonds. The fourth-order valence-corrected chi connectivity index (χ4v) is 3.22. The van der Waals surface area contributed by atoms with Crippen molar-refractivity contribution in [2.75, 3.05) is 6.61 Å². The molecule has 0 radical (unpaired) electrons. The van der Waals surface area contributed by atoms with E-state index in [1.54, 1.807) is 19.1 Å². The average molecular weight is 411 g/mol. The minimum Gasteiger partial charge on any atom is -0.462 e. The van der Waals surface area contributed by atoms with Crippen LogP contribution in [0.25, 0.3) is 0 Å². The lowest BCUT2D eigenvalue weighted by Gasteiger charge is -2.11. The van der Waals surface area contributed by atoms with Crippen molar-refractivity contribution in [3.05, 3.63) is 51.0 Å². The van der Waals surface area contributed by atoms with E-state index < -0.39 is 0 Å². The normalized spacial score (nSPS) is 11.2. The zero-order valence-corrected chi connectivity index (χ0v) is 16.7. The van der Waals surface area contributed by atoms with Gasteiger partial charge in [0.25, 0.3) is 0 Å². The van der Waals surface area contributed by atoms with Gasteiger partial charge in [-0.25, -0.2) is 9.18 Å². The molecular formula is C19H24BrFN2O2. The fraction of sp³-hybridized carbons (Fsp3) is 0.474. The number of esters is 1. The molecule has 1 aromatic carbocycles. The molecule has 0 bridgehead atoms. The summed E-state index contributed by atoms with van der Waals surface area (Å²) >= 11 is 3.26. The molecule has 0 aliphatic rings. The third-order valence-electron chi connectivity index (χ3n) is 3.90. The monoisotopic (exact) mass is 410 g/mol. The molecule has 25 heavy (non-hydrogen) atoms. The summed E-state index contributed by atoms with van der Waals surface area (Å²) < 4.78 is 22.0. The van der Waals surface area contributed by atoms with Crippen LogP contribution in [0.1, 0.15) is 67.3 Å². The predicted molar refractivity (Wildman–Crippen MR) is 99.5 cm³/mol. The smallest absolute Gasteiger partial charge is 0.341 e. The van der Waals surface area contributed by atoms with E-state index in [0.29, 0.717) is 34.4 Å². The molecule has 2 rings (SSSR count). The van der Waals surface area contributed by atoms with Crippen LogP contribution in [-0.2, 0) is 17.7 Å². The first-order valence-electron chi connectivity index (χ1n) is 8.59. The molecule has 0 saturated heterocycles. The summed E-state index contributed by atoms with van der Waals surface area (Å²) in [6.07, 6.45) is 1.15. The minimum atomic E-state index is -0.388. The number of benzene rings is 1. The number of nitrogens with zero attached hydrogens (tertiary/aromatic N) is 2. The topological polar surface area (TPSA) is 44.1 Å². The van der Waals surface area contributed by atoms with E-state index in [2.05, 4.69) is 28.0 Å². The van der Waals surface area contributed by atoms with Gasteiger partial charge in [0.05, 0.1) is 18.0 Å². The van der Waals surface area contributed by atoms with Crippen molar-refractivity contribution in [3.63, 3.8) is 0 Å². The summed E-state index contributed by atoms with van der Waals surface area (Å²) in [5, 5.41) is 4.62. The summed E-state index contributed by atoms with van der Waals surface area (Å²) in [5.41, 5.74) is 2.41. The zero-order valence-electron chi connectivity index (χ0n) is 15.1. The third-order valence-corrected chi connectivity index (χ3v) is 4.39. The maximum Gasteiger partial charge on any atom is 0.341 e. The Bertz CT molecular complexity index is 756. The fourth-order valence-electron chi connectivity index (χ4n) is 2.89. The Kier molecular flexibility index (Phi) is 6.76. The Balaban J connectivity index is 2.54. The summed E-state index contributed by atoms with van der Waals surface area (Å²) in [4.78, 5) is 12.6. The molecule has 6 heteroatoms. The summed E-state index contributed by atoms with van der Waals surface area (Å²) in [7, 11) is 0. The van der Waals surface area contributed by atoms with Gasteiger partial charge in [-0.1, -0.05) is 42.8 Å². The molecule has 0 fully saturated rings. The number of aromatic nitrogens is 2. The lowest BCUT2D eigenvalue weighted by molar-refractivity contribution is 0.0523. The van der Waals surface area contributed by atoms with E-state index in [1.165, 1.54) is 6.07 Å². The van der Waals surface area contributed by atoms with Crippen molar-refractivity contribution in [3.8, 4) is 0 Å². The van der Waals surface area contributed by atoms with Gasteiger partial charge in [0.1, 0.15) is 11.4 Å². The number of carbonyl (C=O) groups excluding carboxylic acids is 1. The van der Waals surface area contributed by atoms with Gasteiger partial charge in [0.2, 0.25) is 0 Å². The third kappa shape index (κ3) is 4.48. The van der Waals surface area contributed by atoms with Crippen molar-refractivity contribution in [1.82, 2.24) is 9.78 Å². The number of hydrogen-bond donors (Lipinski definition) is 0. The van der Waals surface area contributed by atoms with Gasteiger partial charge in [-0.3, -0.25) is 4.68 Å². The van der Waals surface area contributed by atoms with Crippen LogP contribution in [0, 0.1) is 5.82 Å². The van der Waals surface area contributed by atoms with Crippen LogP contribution >= 0.6 is 15.9 Å². The highest BCUT2D eigenvalue weighted by Crippen LogP contribution is 2.27. The molecule has 1 heterocycles. The Labute approximate surface area is 156 Å². The largest absolute Gasteiger partial charge is 0.462 e. The molecule has 0 aliphatic heterocycles. The number of ether oxygens (including phenoxy) is 1. The van der Waals surface area contributed by atoms with Crippen LogP contribution < -0.4 is 0 Å². The second-order valence-corrected chi connectivity index (χ2v) is 7.13. The molecule has 0 N–H and O–H groups in total. The van der Waals surface area contributed by atoms with Crippen LogP contribution in [0.3, 0.4) is 0 Å². The van der Waals surface area contributed by atoms with E-state index in [0.717, 1.165) is 12.1 Å². The molecule has 0 spiro atoms. The van der Waals surface area contributed by atoms with Crippen LogP contribution in [0.15, 0.2) is 22.7 Å². The number of carbonyl (C=O) groups is 1. The van der Waals surface area contributed by atoms with Gasteiger partial charge in [0, 0.05) is 17.4 Å². The van der Waals surface area contributed by atoms with E-state index in [-0.39, 0.29) is 24.1 Å². The molecule has 1 aromatic heterocycles. The van der Waals surface area contributed by atoms with Crippen LogP contribution in [0.2, 0.25) is 0 Å². The van der Waals surface area contributed by atoms with Gasteiger partial charge in [-0.15, -0.1) is 0 Å². The standard InChI is InChI=1S/C19H24BrFN2O2/c1-5-9-23-18(12(3)4)17(19(24)25-6-2)16(22-23)10-13-7-8-14(20)11-15(13)21/h7-8,11-12H,5-6,9-10H2,1-4H3. The van der Waals surface area contributed by atoms with Gasteiger partial charge < -0.3 is 4.74 Å². The van der Waals surface area contributed by atoms with Crippen LogP contribution in [0.4, 0.5) is 4.39 Å². The van der Waals surface area contributed by atoms with E-state index in [9.17, 15) is 9.18 Å². The highest BCUT2D eigenvalue weighted by Gasteiger charge is 2.27. The minimum absolute atomic E-state index is 0.113. The maximum absolute atomic E-state index is 14.3. The molecular weight excluding hydrogens is 387 g/mol. The van der Waals surface area contributed by atoms with Crippen LogP contribution in [-0.4, -0.2) is 22.4 Å². The Morgan fingerprint density at radius 2 is 2.08 bits per heavy atom. The Hall–Kier alpha value is -1.69. The van der Waals surface area contributed by atoms with Gasteiger partial charge in [-0.2, -0.15) is 5.10 Å². The second kappa shape index (κ2) is 8.61. The van der Waals surface area contributed by atoms with Crippen molar-refractivity contribution in [1.29, 1.82) is 0 Å². The SMILES string of the molecule is CCCn1nc(Cc2ccc(Br)cc2F)c(C(=O)OCC)c1C(C)C. The molecule has 0 aliphatic carbocycles. The molecule has 0 atom stereocenters. The highest BCUT2D eigenvalue weighted by molar-refractivity contribution is 9.10. The van der Waals surface area contributed by atoms with Crippen LogP contribution in [0.5, 0.6) is 0 Å². The predicted octanol–water partition coefficient (Wildman–Crippen LogP) is 5.09.